The molecule has 0 radical (unpaired) electrons. The van der Waals surface area contributed by atoms with Crippen molar-refractivity contribution < 1.29 is 28.6 Å². The summed E-state index contributed by atoms with van der Waals surface area (Å²) in [5.41, 5.74) is 0. The number of esters is 1. The predicted octanol–water partition coefficient (Wildman–Crippen LogP) is 5.21. The van der Waals surface area contributed by atoms with Crippen molar-refractivity contribution in [1.82, 2.24) is 5.32 Å². The number of nitrogens with one attached hydrogen (secondary N) is 1. The van der Waals surface area contributed by atoms with Gasteiger partial charge in [-0.25, -0.2) is 9.59 Å². The van der Waals surface area contributed by atoms with Gasteiger partial charge in [-0.2, -0.15) is 0 Å². The third-order valence-corrected chi connectivity index (χ3v) is 11.2. The zero-order chi connectivity index (χ0) is 23.9. The molecule has 8 heteroatoms. The number of cyclic esters (lactones) is 1. The van der Waals surface area contributed by atoms with Gasteiger partial charge in [0.2, 0.25) is 0 Å². The third-order valence-electron chi connectivity index (χ3n) is 6.65. The summed E-state index contributed by atoms with van der Waals surface area (Å²) in [6.07, 6.45) is 0.543. The molecule has 1 amide bonds. The van der Waals surface area contributed by atoms with Gasteiger partial charge < -0.3 is 24.3 Å². The maximum atomic E-state index is 12.6. The molecule has 1 aromatic rings. The smallest absolute Gasteiger partial charge is 0.405 e. The van der Waals surface area contributed by atoms with E-state index in [1.165, 1.54) is 0 Å². The van der Waals surface area contributed by atoms with Crippen molar-refractivity contribution in [1.29, 1.82) is 0 Å². The van der Waals surface area contributed by atoms with Crippen LogP contribution >= 0.6 is 0 Å². The number of carbonyl (C=O) groups is 2. The van der Waals surface area contributed by atoms with Gasteiger partial charge >= 0.3 is 12.1 Å². The summed E-state index contributed by atoms with van der Waals surface area (Å²) in [6, 6.07) is 8.65. The van der Waals surface area contributed by atoms with E-state index < -0.39 is 32.5 Å². The number of ether oxygens (including phenoxy) is 2. The molecule has 1 heterocycles. The van der Waals surface area contributed by atoms with Crippen LogP contribution in [0.1, 0.15) is 53.4 Å². The summed E-state index contributed by atoms with van der Waals surface area (Å²) in [5, 5.41) is 11.5. The molecule has 1 aliphatic rings. The Hall–Kier alpha value is -2.06. The zero-order valence-corrected chi connectivity index (χ0v) is 21.2. The van der Waals surface area contributed by atoms with E-state index in [-0.39, 0.29) is 17.1 Å². The summed E-state index contributed by atoms with van der Waals surface area (Å²) >= 11 is 0. The van der Waals surface area contributed by atoms with Crippen molar-refractivity contribution in [3.05, 3.63) is 30.3 Å². The molecule has 180 valence electrons. The van der Waals surface area contributed by atoms with Crippen molar-refractivity contribution in [2.24, 2.45) is 5.92 Å². The standard InChI is InChI=1S/C24H39NO6Si/c1-17-21(31-19-12-8-7-9-13-19)18(15-16-29-32(5,6)24(2,3)4)11-10-14-20(22(26)30-17)25-23(27)28/h7-9,12-13,17-18,20-21,25H,10-11,14-16H2,1-6H3,(H,27,28)/t17-,18+,20-,21-/m0/s1. The van der Waals surface area contributed by atoms with Crippen LogP contribution in [0.3, 0.4) is 0 Å². The van der Waals surface area contributed by atoms with E-state index in [2.05, 4.69) is 39.2 Å². The van der Waals surface area contributed by atoms with Gasteiger partial charge in [-0.1, -0.05) is 45.4 Å². The van der Waals surface area contributed by atoms with E-state index in [1.54, 1.807) is 0 Å². The molecule has 0 saturated carbocycles. The summed E-state index contributed by atoms with van der Waals surface area (Å²) < 4.78 is 18.4. The van der Waals surface area contributed by atoms with Gasteiger partial charge in [-0.3, -0.25) is 0 Å². The Morgan fingerprint density at radius 2 is 1.88 bits per heavy atom. The van der Waals surface area contributed by atoms with Crippen molar-refractivity contribution >= 4 is 20.4 Å². The van der Waals surface area contributed by atoms with Crippen molar-refractivity contribution in [2.45, 2.75) is 89.8 Å². The first-order valence-electron chi connectivity index (χ1n) is 11.5. The quantitative estimate of drug-likeness (QED) is 0.424. The minimum atomic E-state index is -1.88. The van der Waals surface area contributed by atoms with Gasteiger partial charge in [-0.15, -0.1) is 0 Å². The molecular formula is C24H39NO6Si. The fraction of sp³-hybridized carbons (Fsp3) is 0.667. The third kappa shape index (κ3) is 7.51. The number of benzene rings is 1. The van der Waals surface area contributed by atoms with Gasteiger partial charge in [0.05, 0.1) is 0 Å². The minimum absolute atomic E-state index is 0.103. The van der Waals surface area contributed by atoms with Crippen LogP contribution in [0.4, 0.5) is 4.79 Å². The average Bonchev–Trinajstić information content (AvgIpc) is 2.73. The number of para-hydroxylation sites is 1. The molecule has 32 heavy (non-hydrogen) atoms. The maximum absolute atomic E-state index is 12.6. The Balaban J connectivity index is 2.19. The fourth-order valence-electron chi connectivity index (χ4n) is 3.70. The number of amides is 1. The summed E-state index contributed by atoms with van der Waals surface area (Å²) in [4.78, 5) is 23.7. The van der Waals surface area contributed by atoms with E-state index in [9.17, 15) is 9.59 Å². The zero-order valence-electron chi connectivity index (χ0n) is 20.2. The number of hydrogen-bond acceptors (Lipinski definition) is 5. The van der Waals surface area contributed by atoms with Crippen LogP contribution in [0.2, 0.25) is 18.1 Å². The Morgan fingerprint density at radius 3 is 2.47 bits per heavy atom. The summed E-state index contributed by atoms with van der Waals surface area (Å²) in [5.74, 6) is 0.265. The lowest BCUT2D eigenvalue weighted by atomic mass is 9.89. The number of hydrogen-bond donors (Lipinski definition) is 2. The lowest BCUT2D eigenvalue weighted by Gasteiger charge is -2.37. The highest BCUT2D eigenvalue weighted by Gasteiger charge is 2.39. The molecule has 2 rings (SSSR count). The SMILES string of the molecule is C[C@@H]1OC(=O)[C@@H](NC(=O)O)CCC[C@H](CCO[Si](C)(C)C(C)(C)C)[C@H]1Oc1ccccc1. The first-order chi connectivity index (χ1) is 14.9. The monoisotopic (exact) mass is 465 g/mol. The van der Waals surface area contributed by atoms with E-state index in [0.717, 1.165) is 18.6 Å². The Morgan fingerprint density at radius 1 is 1.22 bits per heavy atom. The number of rotatable bonds is 7. The van der Waals surface area contributed by atoms with Crippen molar-refractivity contribution in [3.8, 4) is 5.75 Å². The molecule has 7 nitrogen and oxygen atoms in total. The van der Waals surface area contributed by atoms with Gasteiger partial charge in [0.25, 0.3) is 0 Å². The van der Waals surface area contributed by atoms with Crippen LogP contribution in [0.5, 0.6) is 5.75 Å². The van der Waals surface area contributed by atoms with E-state index >= 15 is 0 Å². The fourth-order valence-corrected chi connectivity index (χ4v) is 4.76. The molecule has 0 spiro atoms. The summed E-state index contributed by atoms with van der Waals surface area (Å²) in [7, 11) is -1.88. The highest BCUT2D eigenvalue weighted by molar-refractivity contribution is 6.74. The van der Waals surface area contributed by atoms with E-state index in [0.29, 0.717) is 19.4 Å². The Labute approximate surface area is 193 Å². The topological polar surface area (TPSA) is 94.1 Å². The molecule has 0 unspecified atom stereocenters. The second-order valence-electron chi connectivity index (χ2n) is 10.1. The van der Waals surface area contributed by atoms with Crippen LogP contribution in [0.15, 0.2) is 30.3 Å². The molecule has 2 N–H and O–H groups in total. The normalized spacial score (nSPS) is 25.1. The van der Waals surface area contributed by atoms with Crippen molar-refractivity contribution in [3.63, 3.8) is 0 Å². The Bertz CT molecular complexity index is 749. The second-order valence-corrected chi connectivity index (χ2v) is 14.9. The van der Waals surface area contributed by atoms with Crippen LogP contribution in [-0.4, -0.2) is 50.3 Å². The highest BCUT2D eigenvalue weighted by Crippen LogP contribution is 2.37. The molecule has 0 bridgehead atoms. The largest absolute Gasteiger partial charge is 0.486 e. The van der Waals surface area contributed by atoms with Crippen LogP contribution < -0.4 is 10.1 Å². The average molecular weight is 466 g/mol. The molecule has 0 aromatic heterocycles. The minimum Gasteiger partial charge on any atom is -0.486 e. The molecule has 4 atom stereocenters. The maximum Gasteiger partial charge on any atom is 0.405 e. The van der Waals surface area contributed by atoms with Gasteiger partial charge in [0.1, 0.15) is 24.0 Å². The lowest BCUT2D eigenvalue weighted by molar-refractivity contribution is -0.156. The first kappa shape index (κ1) is 26.2. The lowest BCUT2D eigenvalue weighted by Crippen LogP contribution is -2.45. The van der Waals surface area contributed by atoms with Crippen LogP contribution in [0, 0.1) is 5.92 Å². The number of carboxylic acid groups (broad SMARTS) is 1. The molecule has 1 saturated heterocycles. The van der Waals surface area contributed by atoms with Gasteiger partial charge in [0, 0.05) is 12.5 Å². The Kier molecular flexibility index (Phi) is 9.15. The molecule has 1 aliphatic heterocycles. The van der Waals surface area contributed by atoms with Gasteiger partial charge in [0.15, 0.2) is 8.32 Å². The predicted molar refractivity (Wildman–Crippen MR) is 126 cm³/mol. The van der Waals surface area contributed by atoms with Crippen LogP contribution in [0.25, 0.3) is 0 Å². The van der Waals surface area contributed by atoms with Gasteiger partial charge in [-0.05, 0) is 56.5 Å². The number of carbonyl (C=O) groups excluding carboxylic acids is 1. The molecule has 0 aliphatic carbocycles. The van der Waals surface area contributed by atoms with E-state index in [4.69, 9.17) is 19.0 Å². The molecule has 1 aromatic carbocycles. The first-order valence-corrected chi connectivity index (χ1v) is 14.4. The highest BCUT2D eigenvalue weighted by atomic mass is 28.4. The molecular weight excluding hydrogens is 426 g/mol. The second kappa shape index (κ2) is 11.2. The molecule has 1 fully saturated rings. The van der Waals surface area contributed by atoms with E-state index in [1.807, 2.05) is 37.3 Å². The summed E-state index contributed by atoms with van der Waals surface area (Å²) in [6.45, 7) is 13.6. The van der Waals surface area contributed by atoms with Crippen molar-refractivity contribution in [2.75, 3.05) is 6.61 Å². The van der Waals surface area contributed by atoms with Crippen LogP contribution in [-0.2, 0) is 14.0 Å².